The van der Waals surface area contributed by atoms with Crippen molar-refractivity contribution in [2.24, 2.45) is 44.4 Å². The minimum absolute atomic E-state index is 0.00525. The van der Waals surface area contributed by atoms with Gasteiger partial charge in [-0.1, -0.05) is 30.3 Å². The van der Waals surface area contributed by atoms with Crippen LogP contribution in [0.5, 0.6) is 0 Å². The Morgan fingerprint density at radius 3 is 1.74 bits per heavy atom. The average molecular weight is 592 g/mol. The van der Waals surface area contributed by atoms with E-state index in [0.717, 1.165) is 0 Å². The first-order valence-electron chi connectivity index (χ1n) is 13.1. The molecule has 0 aliphatic heterocycles. The largest absolute Gasteiger partial charge is 0.480 e. The van der Waals surface area contributed by atoms with Crippen molar-refractivity contribution in [2.45, 2.75) is 62.7 Å². The quantitative estimate of drug-likeness (QED) is 0.0420. The van der Waals surface area contributed by atoms with E-state index in [9.17, 15) is 29.1 Å². The van der Waals surface area contributed by atoms with E-state index in [1.54, 1.807) is 30.3 Å². The molecule has 4 unspecified atom stereocenters. The van der Waals surface area contributed by atoms with E-state index >= 15 is 0 Å². The number of nitrogens with zero attached hydrogens (tertiary/aromatic N) is 2. The van der Waals surface area contributed by atoms with Gasteiger partial charge in [0, 0.05) is 19.5 Å². The van der Waals surface area contributed by atoms with Gasteiger partial charge in [-0.15, -0.1) is 0 Å². The molecule has 1 aromatic rings. The Balaban J connectivity index is 3.05. The standard InChI is InChI=1S/C25H41N11O6/c26-15(8-4-10-32-24(28)29)20(38)35-18(13-19(27)37)22(40)36-17(12-14-6-2-1-3-7-14)21(39)34-16(23(41)42)9-5-11-33-25(30)31/h1-3,6-7,15-18H,4-5,8-13,26H2,(H2,27,37)(H,34,39)(H,35,38)(H,36,40)(H,41,42)(H4,28,29,32)(H4,30,31,33). The van der Waals surface area contributed by atoms with Crippen LogP contribution >= 0.6 is 0 Å². The van der Waals surface area contributed by atoms with Crippen LogP contribution in [-0.4, -0.2) is 83.9 Å². The number of nitrogens with two attached hydrogens (primary N) is 6. The van der Waals surface area contributed by atoms with Crippen molar-refractivity contribution in [2.75, 3.05) is 13.1 Å². The topological polar surface area (TPSA) is 323 Å². The summed E-state index contributed by atoms with van der Waals surface area (Å²) in [5, 5.41) is 16.9. The lowest BCUT2D eigenvalue weighted by atomic mass is 10.0. The summed E-state index contributed by atoms with van der Waals surface area (Å²) in [6.07, 6.45) is 0.192. The predicted octanol–water partition coefficient (Wildman–Crippen LogP) is -3.92. The third-order valence-electron chi connectivity index (χ3n) is 5.82. The number of hydrogen-bond acceptors (Lipinski definition) is 8. The third-order valence-corrected chi connectivity index (χ3v) is 5.82. The number of hydrogen-bond donors (Lipinski definition) is 10. The van der Waals surface area contributed by atoms with E-state index < -0.39 is 60.2 Å². The molecule has 0 aliphatic rings. The van der Waals surface area contributed by atoms with Gasteiger partial charge in [-0.3, -0.25) is 29.2 Å². The Kier molecular flexibility index (Phi) is 15.4. The van der Waals surface area contributed by atoms with Gasteiger partial charge in [0.1, 0.15) is 18.1 Å². The Morgan fingerprint density at radius 2 is 1.21 bits per heavy atom. The highest BCUT2D eigenvalue weighted by Crippen LogP contribution is 2.07. The van der Waals surface area contributed by atoms with E-state index in [0.29, 0.717) is 12.0 Å². The van der Waals surface area contributed by atoms with Crippen LogP contribution in [0.4, 0.5) is 0 Å². The molecule has 0 bridgehead atoms. The van der Waals surface area contributed by atoms with Crippen LogP contribution in [0.3, 0.4) is 0 Å². The van der Waals surface area contributed by atoms with Gasteiger partial charge in [0.15, 0.2) is 11.9 Å². The zero-order valence-corrected chi connectivity index (χ0v) is 23.2. The normalized spacial score (nSPS) is 13.4. The van der Waals surface area contributed by atoms with Crippen LogP contribution in [-0.2, 0) is 30.4 Å². The van der Waals surface area contributed by atoms with Crippen LogP contribution in [0.2, 0.25) is 0 Å². The SMILES string of the molecule is NC(=O)CC(NC(=O)C(N)CCCN=C(N)N)C(=O)NC(Cc1ccccc1)C(=O)NC(CCCN=C(N)N)C(=O)O. The van der Waals surface area contributed by atoms with Crippen LogP contribution in [0, 0.1) is 0 Å². The molecule has 42 heavy (non-hydrogen) atoms. The maximum atomic E-state index is 13.2. The highest BCUT2D eigenvalue weighted by atomic mass is 16.4. The van der Waals surface area contributed by atoms with Gasteiger partial charge >= 0.3 is 5.97 Å². The molecule has 0 aliphatic carbocycles. The first-order valence-corrected chi connectivity index (χ1v) is 13.1. The van der Waals surface area contributed by atoms with E-state index in [-0.39, 0.29) is 50.7 Å². The van der Waals surface area contributed by atoms with Crippen LogP contribution < -0.4 is 50.4 Å². The lowest BCUT2D eigenvalue weighted by molar-refractivity contribution is -0.142. The summed E-state index contributed by atoms with van der Waals surface area (Å²) in [6, 6.07) is 3.52. The molecule has 17 nitrogen and oxygen atoms in total. The van der Waals surface area contributed by atoms with Crippen molar-refractivity contribution < 1.29 is 29.1 Å². The summed E-state index contributed by atoms with van der Waals surface area (Å²) >= 11 is 0. The molecule has 4 amide bonds. The Bertz CT molecular complexity index is 1120. The zero-order chi connectivity index (χ0) is 31.7. The Morgan fingerprint density at radius 1 is 0.714 bits per heavy atom. The second-order valence-corrected chi connectivity index (χ2v) is 9.39. The summed E-state index contributed by atoms with van der Waals surface area (Å²) in [4.78, 5) is 70.1. The van der Waals surface area contributed by atoms with Crippen molar-refractivity contribution in [3.05, 3.63) is 35.9 Å². The van der Waals surface area contributed by atoms with Gasteiger partial charge in [-0.25, -0.2) is 4.79 Å². The molecule has 0 saturated heterocycles. The lowest BCUT2D eigenvalue weighted by Crippen LogP contribution is -2.58. The maximum Gasteiger partial charge on any atom is 0.326 e. The monoisotopic (exact) mass is 591 g/mol. The van der Waals surface area contributed by atoms with E-state index in [1.165, 1.54) is 0 Å². The first-order chi connectivity index (χ1) is 19.8. The average Bonchev–Trinajstić information content (AvgIpc) is 2.91. The molecule has 0 radical (unpaired) electrons. The summed E-state index contributed by atoms with van der Waals surface area (Å²) in [6.45, 7) is 0.382. The van der Waals surface area contributed by atoms with Gasteiger partial charge in [0.25, 0.3) is 0 Å². The molecule has 0 heterocycles. The second-order valence-electron chi connectivity index (χ2n) is 9.39. The van der Waals surface area contributed by atoms with Crippen molar-refractivity contribution in [3.8, 4) is 0 Å². The summed E-state index contributed by atoms with van der Waals surface area (Å²) < 4.78 is 0. The molecule has 0 spiro atoms. The van der Waals surface area contributed by atoms with Crippen molar-refractivity contribution in [1.82, 2.24) is 16.0 Å². The van der Waals surface area contributed by atoms with Gasteiger partial charge in [0.2, 0.25) is 23.6 Å². The predicted molar refractivity (Wildman–Crippen MR) is 155 cm³/mol. The number of amides is 4. The number of carbonyl (C=O) groups is 5. The fourth-order valence-electron chi connectivity index (χ4n) is 3.70. The number of benzene rings is 1. The summed E-state index contributed by atoms with van der Waals surface area (Å²) in [5.41, 5.74) is 32.9. The molecular formula is C25H41N11O6. The fourth-order valence-corrected chi connectivity index (χ4v) is 3.70. The fraction of sp³-hybridized carbons (Fsp3) is 0.480. The van der Waals surface area contributed by atoms with Gasteiger partial charge in [-0.2, -0.15) is 0 Å². The van der Waals surface area contributed by atoms with Crippen LogP contribution in [0.25, 0.3) is 0 Å². The number of nitrogens with one attached hydrogen (secondary N) is 3. The van der Waals surface area contributed by atoms with Gasteiger partial charge in [-0.05, 0) is 31.2 Å². The minimum atomic E-state index is -1.46. The third kappa shape index (κ3) is 14.5. The molecule has 0 fully saturated rings. The Hall–Kier alpha value is -4.93. The molecule has 1 aromatic carbocycles. The molecule has 17 heteroatoms. The molecule has 1 rings (SSSR count). The van der Waals surface area contributed by atoms with E-state index in [1.807, 2.05) is 0 Å². The maximum absolute atomic E-state index is 13.2. The van der Waals surface area contributed by atoms with Crippen LogP contribution in [0.1, 0.15) is 37.7 Å². The summed E-state index contributed by atoms with van der Waals surface area (Å²) in [5.74, 6) is -4.90. The van der Waals surface area contributed by atoms with Gasteiger partial charge in [0.05, 0.1) is 12.5 Å². The number of aliphatic imine (C=N–C) groups is 2. The molecule has 0 aromatic heterocycles. The van der Waals surface area contributed by atoms with Crippen LogP contribution in [0.15, 0.2) is 40.3 Å². The number of carboxylic acids is 1. The molecule has 16 N–H and O–H groups in total. The number of carbonyl (C=O) groups excluding carboxylic acids is 4. The number of primary amides is 1. The smallest absolute Gasteiger partial charge is 0.326 e. The van der Waals surface area contributed by atoms with Crippen molar-refractivity contribution in [1.29, 1.82) is 0 Å². The number of carboxylic acid groups (broad SMARTS) is 1. The highest BCUT2D eigenvalue weighted by Gasteiger charge is 2.31. The number of aliphatic carboxylic acids is 1. The lowest BCUT2D eigenvalue weighted by Gasteiger charge is -2.25. The van der Waals surface area contributed by atoms with E-state index in [2.05, 4.69) is 25.9 Å². The summed E-state index contributed by atoms with van der Waals surface area (Å²) in [7, 11) is 0. The minimum Gasteiger partial charge on any atom is -0.480 e. The molecular weight excluding hydrogens is 550 g/mol. The van der Waals surface area contributed by atoms with E-state index in [4.69, 9.17) is 34.4 Å². The van der Waals surface area contributed by atoms with Crippen molar-refractivity contribution >= 4 is 41.5 Å². The Labute approximate surface area is 242 Å². The highest BCUT2D eigenvalue weighted by molar-refractivity contribution is 5.96. The molecule has 232 valence electrons. The first kappa shape index (κ1) is 35.1. The number of guanidine groups is 2. The second kappa shape index (κ2) is 18.4. The zero-order valence-electron chi connectivity index (χ0n) is 23.2. The number of rotatable bonds is 19. The molecule has 0 saturated carbocycles. The molecule has 4 atom stereocenters. The van der Waals surface area contributed by atoms with Gasteiger partial charge < -0.3 is 55.5 Å². The van der Waals surface area contributed by atoms with Crippen molar-refractivity contribution in [3.63, 3.8) is 0 Å².